The topological polar surface area (TPSA) is 62.2 Å². The molecule has 1 unspecified atom stereocenters. The van der Waals surface area contributed by atoms with Crippen LogP contribution >= 0.6 is 0 Å². The molecule has 0 radical (unpaired) electrons. The summed E-state index contributed by atoms with van der Waals surface area (Å²) in [5, 5.41) is 12.1. The number of pyridine rings is 1. The van der Waals surface area contributed by atoms with Crippen LogP contribution in [0.4, 0.5) is 5.82 Å². The van der Waals surface area contributed by atoms with E-state index in [1.54, 1.807) is 6.07 Å². The molecule has 2 N–H and O–H groups in total. The van der Waals surface area contributed by atoms with E-state index in [0.717, 1.165) is 5.69 Å². The summed E-state index contributed by atoms with van der Waals surface area (Å²) in [5.41, 5.74) is 0.993. The predicted molar refractivity (Wildman–Crippen MR) is 67.1 cm³/mol. The van der Waals surface area contributed by atoms with Crippen LogP contribution < -0.4 is 5.32 Å². The highest BCUT2D eigenvalue weighted by molar-refractivity contribution is 5.88. The van der Waals surface area contributed by atoms with Gasteiger partial charge in [0.15, 0.2) is 0 Å². The molecule has 0 aliphatic carbocycles. The van der Waals surface area contributed by atoms with Crippen molar-refractivity contribution in [3.63, 3.8) is 0 Å². The maximum absolute atomic E-state index is 10.9. The molecule has 1 atom stereocenters. The van der Waals surface area contributed by atoms with E-state index in [-0.39, 0.29) is 11.6 Å². The molecule has 4 nitrogen and oxygen atoms in total. The molecule has 0 aromatic carbocycles. The summed E-state index contributed by atoms with van der Waals surface area (Å²) in [6.45, 7) is 3.86. The third-order valence-electron chi connectivity index (χ3n) is 2.31. The smallest absolute Gasteiger partial charge is 0.335 e. The second-order valence-electron chi connectivity index (χ2n) is 3.84. The average Bonchev–Trinajstić information content (AvgIpc) is 2.28. The molecular formula is C13H16N2O2. The van der Waals surface area contributed by atoms with Crippen LogP contribution in [-0.4, -0.2) is 22.1 Å². The van der Waals surface area contributed by atoms with Crippen molar-refractivity contribution in [1.29, 1.82) is 0 Å². The van der Waals surface area contributed by atoms with E-state index in [1.165, 1.54) is 6.07 Å². The van der Waals surface area contributed by atoms with E-state index in [0.29, 0.717) is 18.7 Å². The molecule has 0 aliphatic heterocycles. The number of hydrogen-bond donors (Lipinski definition) is 2. The minimum absolute atomic E-state index is 0.0706. The van der Waals surface area contributed by atoms with Crippen molar-refractivity contribution < 1.29 is 9.90 Å². The molecule has 0 bridgehead atoms. The van der Waals surface area contributed by atoms with Crippen molar-refractivity contribution >= 4 is 11.8 Å². The van der Waals surface area contributed by atoms with Gasteiger partial charge in [0.1, 0.15) is 5.82 Å². The van der Waals surface area contributed by atoms with Crippen molar-refractivity contribution in [2.75, 3.05) is 5.32 Å². The van der Waals surface area contributed by atoms with Crippen LogP contribution in [0.1, 0.15) is 36.3 Å². The van der Waals surface area contributed by atoms with Gasteiger partial charge in [-0.3, -0.25) is 0 Å². The van der Waals surface area contributed by atoms with Gasteiger partial charge in [-0.15, -0.1) is 12.3 Å². The molecular weight excluding hydrogens is 216 g/mol. The number of hydrogen-bond acceptors (Lipinski definition) is 3. The Balaban J connectivity index is 2.95. The van der Waals surface area contributed by atoms with Gasteiger partial charge in [-0.2, -0.15) is 0 Å². The maximum Gasteiger partial charge on any atom is 0.335 e. The number of carboxylic acids is 1. The van der Waals surface area contributed by atoms with Gasteiger partial charge in [-0.25, -0.2) is 9.78 Å². The highest BCUT2D eigenvalue weighted by Crippen LogP contribution is 2.13. The van der Waals surface area contributed by atoms with E-state index < -0.39 is 5.97 Å². The first-order valence-corrected chi connectivity index (χ1v) is 5.51. The first kappa shape index (κ1) is 13.0. The van der Waals surface area contributed by atoms with Crippen molar-refractivity contribution in [2.45, 2.75) is 32.7 Å². The van der Waals surface area contributed by atoms with Crippen molar-refractivity contribution in [3.05, 3.63) is 23.4 Å². The second-order valence-corrected chi connectivity index (χ2v) is 3.84. The SMILES string of the molecule is C#CCC(C)Nc1cc(C(=O)O)cc(CC)n1. The Hall–Kier alpha value is -2.02. The van der Waals surface area contributed by atoms with Gasteiger partial charge >= 0.3 is 5.97 Å². The first-order chi connectivity index (χ1) is 8.06. The number of nitrogens with one attached hydrogen (secondary N) is 1. The number of aryl methyl sites for hydroxylation is 1. The molecule has 0 aliphatic rings. The molecule has 0 spiro atoms. The zero-order valence-electron chi connectivity index (χ0n) is 10.0. The molecule has 17 heavy (non-hydrogen) atoms. The van der Waals surface area contributed by atoms with E-state index >= 15 is 0 Å². The Bertz CT molecular complexity index is 449. The van der Waals surface area contributed by atoms with Crippen molar-refractivity contribution in [3.8, 4) is 12.3 Å². The third-order valence-corrected chi connectivity index (χ3v) is 2.31. The Morgan fingerprint density at radius 2 is 2.35 bits per heavy atom. The van der Waals surface area contributed by atoms with Gasteiger partial charge in [0.05, 0.1) is 5.56 Å². The van der Waals surface area contributed by atoms with Gasteiger partial charge in [-0.1, -0.05) is 6.92 Å². The monoisotopic (exact) mass is 232 g/mol. The fraction of sp³-hybridized carbons (Fsp3) is 0.385. The summed E-state index contributed by atoms with van der Waals surface area (Å²) in [6, 6.07) is 3.18. The number of nitrogens with zero attached hydrogens (tertiary/aromatic N) is 1. The molecule has 4 heteroatoms. The number of aromatic carboxylic acids is 1. The normalized spacial score (nSPS) is 11.6. The highest BCUT2D eigenvalue weighted by atomic mass is 16.4. The molecule has 0 saturated heterocycles. The van der Waals surface area contributed by atoms with Gasteiger partial charge in [0.25, 0.3) is 0 Å². The number of rotatable bonds is 5. The Labute approximate surface area is 101 Å². The summed E-state index contributed by atoms with van der Waals surface area (Å²) in [6.07, 6.45) is 6.48. The molecule has 0 amide bonds. The molecule has 1 heterocycles. The van der Waals surface area contributed by atoms with Crippen molar-refractivity contribution in [2.24, 2.45) is 0 Å². The minimum Gasteiger partial charge on any atom is -0.478 e. The lowest BCUT2D eigenvalue weighted by atomic mass is 10.2. The zero-order chi connectivity index (χ0) is 12.8. The maximum atomic E-state index is 10.9. The lowest BCUT2D eigenvalue weighted by Gasteiger charge is -2.13. The van der Waals surface area contributed by atoms with E-state index in [1.807, 2.05) is 13.8 Å². The largest absolute Gasteiger partial charge is 0.478 e. The Kier molecular flexibility index (Phi) is 4.53. The molecule has 1 aromatic rings. The standard InChI is InChI=1S/C13H16N2O2/c1-4-6-9(3)14-12-8-10(13(16)17)7-11(5-2)15-12/h1,7-9H,5-6H2,2-3H3,(H,14,15)(H,16,17). The number of anilines is 1. The van der Waals surface area contributed by atoms with Crippen molar-refractivity contribution in [1.82, 2.24) is 4.98 Å². The lowest BCUT2D eigenvalue weighted by Crippen LogP contribution is -2.16. The molecule has 0 saturated carbocycles. The van der Waals surface area contributed by atoms with Gasteiger partial charge in [0, 0.05) is 18.2 Å². The summed E-state index contributed by atoms with van der Waals surface area (Å²) in [4.78, 5) is 15.3. The summed E-state index contributed by atoms with van der Waals surface area (Å²) < 4.78 is 0. The highest BCUT2D eigenvalue weighted by Gasteiger charge is 2.09. The number of carbonyl (C=O) groups is 1. The van der Waals surface area contributed by atoms with Crippen LogP contribution in [0.5, 0.6) is 0 Å². The predicted octanol–water partition coefficient (Wildman–Crippen LogP) is 2.17. The minimum atomic E-state index is -0.949. The van der Waals surface area contributed by atoms with Crippen LogP contribution in [-0.2, 0) is 6.42 Å². The number of aromatic nitrogens is 1. The molecule has 90 valence electrons. The average molecular weight is 232 g/mol. The van der Waals surface area contributed by atoms with E-state index in [2.05, 4.69) is 16.2 Å². The van der Waals surface area contributed by atoms with Crippen LogP contribution in [0.15, 0.2) is 12.1 Å². The fourth-order valence-corrected chi connectivity index (χ4v) is 1.45. The van der Waals surface area contributed by atoms with Crippen LogP contribution in [0, 0.1) is 12.3 Å². The molecule has 1 aromatic heterocycles. The third kappa shape index (κ3) is 3.80. The fourth-order valence-electron chi connectivity index (χ4n) is 1.45. The van der Waals surface area contributed by atoms with Crippen LogP contribution in [0.3, 0.4) is 0 Å². The van der Waals surface area contributed by atoms with Gasteiger partial charge < -0.3 is 10.4 Å². The lowest BCUT2D eigenvalue weighted by molar-refractivity contribution is 0.0696. The molecule has 0 fully saturated rings. The van der Waals surface area contributed by atoms with E-state index in [9.17, 15) is 4.79 Å². The zero-order valence-corrected chi connectivity index (χ0v) is 10.0. The summed E-state index contributed by atoms with van der Waals surface area (Å²) in [7, 11) is 0. The first-order valence-electron chi connectivity index (χ1n) is 5.51. The number of carboxylic acid groups (broad SMARTS) is 1. The second kappa shape index (κ2) is 5.90. The molecule has 1 rings (SSSR count). The van der Waals surface area contributed by atoms with E-state index in [4.69, 9.17) is 11.5 Å². The van der Waals surface area contributed by atoms with Gasteiger partial charge in [0.2, 0.25) is 0 Å². The van der Waals surface area contributed by atoms with Gasteiger partial charge in [-0.05, 0) is 25.5 Å². The number of terminal acetylenes is 1. The Morgan fingerprint density at radius 1 is 1.65 bits per heavy atom. The summed E-state index contributed by atoms with van der Waals surface area (Å²) in [5.74, 6) is 2.16. The van der Waals surface area contributed by atoms with Crippen LogP contribution in [0.25, 0.3) is 0 Å². The quantitative estimate of drug-likeness (QED) is 0.764. The Morgan fingerprint density at radius 3 is 2.88 bits per heavy atom. The van der Waals surface area contributed by atoms with Crippen LogP contribution in [0.2, 0.25) is 0 Å². The summed E-state index contributed by atoms with van der Waals surface area (Å²) >= 11 is 0.